The topological polar surface area (TPSA) is 49.4 Å². The van der Waals surface area contributed by atoms with Crippen molar-refractivity contribution in [2.75, 3.05) is 5.75 Å². The highest BCUT2D eigenvalue weighted by Gasteiger charge is 2.32. The molecule has 0 spiro atoms. The molecule has 1 aliphatic rings. The molecule has 0 aromatic heterocycles. The molecule has 0 radical (unpaired) electrons. The Kier molecular flexibility index (Phi) is 9.78. The molecule has 1 atom stereocenters. The van der Waals surface area contributed by atoms with Gasteiger partial charge in [0.15, 0.2) is 0 Å². The normalized spacial score (nSPS) is 14.3. The number of rotatable bonds is 11. The second kappa shape index (κ2) is 13.4. The van der Waals surface area contributed by atoms with Crippen molar-refractivity contribution in [1.29, 1.82) is 0 Å². The van der Waals surface area contributed by atoms with Gasteiger partial charge in [-0.1, -0.05) is 85.6 Å². The van der Waals surface area contributed by atoms with Gasteiger partial charge in [-0.05, 0) is 48.1 Å². The fraction of sp³-hybridized carbons (Fsp3) is 0.355. The van der Waals surface area contributed by atoms with Crippen molar-refractivity contribution in [1.82, 2.24) is 10.2 Å². The zero-order valence-corrected chi connectivity index (χ0v) is 22.2. The summed E-state index contributed by atoms with van der Waals surface area (Å²) in [5.41, 5.74) is 3.68. The average molecular weight is 519 g/mol. The van der Waals surface area contributed by atoms with Crippen LogP contribution in [0.25, 0.3) is 0 Å². The standard InChI is InChI=1S/C31H35FN2O2S/c1-23-11-5-6-14-25(23)20-34(30(35)22-37-21-26-15-7-10-18-28(26)32)29(19-24-12-3-2-4-13-24)31(36)33-27-16-8-9-17-27/h2-7,10-15,18,27,29H,8-9,16-17,19-22H2,1H3,(H,33,36). The summed E-state index contributed by atoms with van der Waals surface area (Å²) < 4.78 is 14.1. The summed E-state index contributed by atoms with van der Waals surface area (Å²) in [6.07, 6.45) is 4.64. The van der Waals surface area contributed by atoms with Crippen molar-refractivity contribution >= 4 is 23.6 Å². The molecule has 1 fully saturated rings. The third kappa shape index (κ3) is 7.68. The van der Waals surface area contributed by atoms with Crippen molar-refractivity contribution in [3.8, 4) is 0 Å². The summed E-state index contributed by atoms with van der Waals surface area (Å²) in [6.45, 7) is 2.37. The molecule has 1 saturated carbocycles. The summed E-state index contributed by atoms with van der Waals surface area (Å²) in [5.74, 6) is 0.0807. The van der Waals surface area contributed by atoms with E-state index < -0.39 is 6.04 Å². The molecule has 1 unspecified atom stereocenters. The predicted molar refractivity (Wildman–Crippen MR) is 149 cm³/mol. The Labute approximate surface area is 223 Å². The number of hydrogen-bond acceptors (Lipinski definition) is 3. The van der Waals surface area contributed by atoms with Gasteiger partial charge < -0.3 is 10.2 Å². The molecule has 3 aromatic carbocycles. The number of thioether (sulfide) groups is 1. The molecule has 37 heavy (non-hydrogen) atoms. The molecule has 2 amide bonds. The van der Waals surface area contributed by atoms with Crippen LogP contribution in [0, 0.1) is 12.7 Å². The minimum Gasteiger partial charge on any atom is -0.352 e. The first-order chi connectivity index (χ1) is 18.0. The first-order valence-corrected chi connectivity index (χ1v) is 14.2. The van der Waals surface area contributed by atoms with Crippen molar-refractivity contribution < 1.29 is 14.0 Å². The van der Waals surface area contributed by atoms with Crippen LogP contribution in [-0.2, 0) is 28.3 Å². The number of nitrogens with one attached hydrogen (secondary N) is 1. The Morgan fingerprint density at radius 2 is 1.59 bits per heavy atom. The molecule has 1 N–H and O–H groups in total. The Balaban J connectivity index is 1.58. The number of amides is 2. The van der Waals surface area contributed by atoms with Gasteiger partial charge in [0, 0.05) is 24.8 Å². The molecule has 0 aliphatic heterocycles. The quantitative estimate of drug-likeness (QED) is 0.335. The van der Waals surface area contributed by atoms with E-state index in [1.807, 2.05) is 61.5 Å². The zero-order chi connectivity index (χ0) is 26.0. The van der Waals surface area contributed by atoms with Crippen LogP contribution >= 0.6 is 11.8 Å². The Morgan fingerprint density at radius 3 is 2.30 bits per heavy atom. The third-order valence-electron chi connectivity index (χ3n) is 7.02. The van der Waals surface area contributed by atoms with Gasteiger partial charge in [0.25, 0.3) is 0 Å². The summed E-state index contributed by atoms with van der Waals surface area (Å²) in [5, 5.41) is 3.24. The Hall–Kier alpha value is -3.12. The summed E-state index contributed by atoms with van der Waals surface area (Å²) in [6, 6.07) is 24.0. The van der Waals surface area contributed by atoms with Gasteiger partial charge in [-0.3, -0.25) is 9.59 Å². The van der Waals surface area contributed by atoms with Crippen LogP contribution in [0.5, 0.6) is 0 Å². The fourth-order valence-corrected chi connectivity index (χ4v) is 5.74. The maximum atomic E-state index is 14.1. The monoisotopic (exact) mass is 518 g/mol. The molecule has 4 nitrogen and oxygen atoms in total. The molecule has 3 aromatic rings. The number of halogens is 1. The number of benzene rings is 3. The van der Waals surface area contributed by atoms with Crippen LogP contribution in [0.4, 0.5) is 4.39 Å². The summed E-state index contributed by atoms with van der Waals surface area (Å²) in [7, 11) is 0. The molecule has 194 valence electrons. The highest BCUT2D eigenvalue weighted by molar-refractivity contribution is 7.99. The Bertz CT molecular complexity index is 1180. The molecule has 1 aliphatic carbocycles. The number of carbonyl (C=O) groups excluding carboxylic acids is 2. The summed E-state index contributed by atoms with van der Waals surface area (Å²) >= 11 is 1.38. The van der Waals surface area contributed by atoms with Crippen LogP contribution in [0.2, 0.25) is 0 Å². The van der Waals surface area contributed by atoms with Crippen LogP contribution < -0.4 is 5.32 Å². The van der Waals surface area contributed by atoms with Crippen LogP contribution in [-0.4, -0.2) is 34.6 Å². The second-order valence-corrected chi connectivity index (χ2v) is 10.7. The maximum absolute atomic E-state index is 14.1. The molecule has 0 saturated heterocycles. The van der Waals surface area contributed by atoms with E-state index in [1.54, 1.807) is 23.1 Å². The largest absolute Gasteiger partial charge is 0.352 e. The van der Waals surface area contributed by atoms with Crippen LogP contribution in [0.3, 0.4) is 0 Å². The van der Waals surface area contributed by atoms with E-state index in [0.29, 0.717) is 24.3 Å². The molecule has 6 heteroatoms. The second-order valence-electron chi connectivity index (χ2n) is 9.73. The lowest BCUT2D eigenvalue weighted by Crippen LogP contribution is -2.52. The van der Waals surface area contributed by atoms with Crippen molar-refractivity contribution in [3.05, 3.63) is 107 Å². The van der Waals surface area contributed by atoms with E-state index in [1.165, 1.54) is 17.8 Å². The minimum absolute atomic E-state index is 0.100. The predicted octanol–water partition coefficient (Wildman–Crippen LogP) is 6.07. The van der Waals surface area contributed by atoms with E-state index in [2.05, 4.69) is 5.32 Å². The van der Waals surface area contributed by atoms with Crippen molar-refractivity contribution in [3.63, 3.8) is 0 Å². The third-order valence-corrected chi connectivity index (χ3v) is 7.98. The maximum Gasteiger partial charge on any atom is 0.243 e. The highest BCUT2D eigenvalue weighted by atomic mass is 32.2. The van der Waals surface area contributed by atoms with E-state index in [9.17, 15) is 14.0 Å². The minimum atomic E-state index is -0.635. The van der Waals surface area contributed by atoms with E-state index >= 15 is 0 Å². The lowest BCUT2D eigenvalue weighted by Gasteiger charge is -2.32. The average Bonchev–Trinajstić information content (AvgIpc) is 3.42. The molecule has 0 bridgehead atoms. The van der Waals surface area contributed by atoms with Gasteiger partial charge in [-0.25, -0.2) is 4.39 Å². The molecular weight excluding hydrogens is 483 g/mol. The van der Waals surface area contributed by atoms with Gasteiger partial charge in [0.2, 0.25) is 11.8 Å². The van der Waals surface area contributed by atoms with Gasteiger partial charge in [0.05, 0.1) is 5.75 Å². The first-order valence-electron chi connectivity index (χ1n) is 13.0. The number of nitrogens with zero attached hydrogens (tertiary/aromatic N) is 1. The number of hydrogen-bond donors (Lipinski definition) is 1. The smallest absolute Gasteiger partial charge is 0.243 e. The molecule has 0 heterocycles. The lowest BCUT2D eigenvalue weighted by atomic mass is 10.0. The van der Waals surface area contributed by atoms with Crippen molar-refractivity contribution in [2.24, 2.45) is 0 Å². The first kappa shape index (κ1) is 26.9. The zero-order valence-electron chi connectivity index (χ0n) is 21.4. The van der Waals surface area contributed by atoms with Gasteiger partial charge in [-0.2, -0.15) is 0 Å². The highest BCUT2D eigenvalue weighted by Crippen LogP contribution is 2.22. The molecular formula is C31H35FN2O2S. The van der Waals surface area contributed by atoms with E-state index in [-0.39, 0.29) is 29.4 Å². The number of aryl methyl sites for hydroxylation is 1. The van der Waals surface area contributed by atoms with Crippen LogP contribution in [0.1, 0.15) is 47.9 Å². The fourth-order valence-electron chi connectivity index (χ4n) is 4.84. The molecule has 4 rings (SSSR count). The summed E-state index contributed by atoms with van der Waals surface area (Å²) in [4.78, 5) is 29.2. The van der Waals surface area contributed by atoms with E-state index in [0.717, 1.165) is 42.4 Å². The lowest BCUT2D eigenvalue weighted by molar-refractivity contribution is -0.139. The van der Waals surface area contributed by atoms with Crippen molar-refractivity contribution in [2.45, 2.75) is 63.4 Å². The van der Waals surface area contributed by atoms with Gasteiger partial charge >= 0.3 is 0 Å². The van der Waals surface area contributed by atoms with Crippen LogP contribution in [0.15, 0.2) is 78.9 Å². The van der Waals surface area contributed by atoms with E-state index in [4.69, 9.17) is 0 Å². The van der Waals surface area contributed by atoms with Gasteiger partial charge in [-0.15, -0.1) is 11.8 Å². The Morgan fingerprint density at radius 1 is 0.946 bits per heavy atom. The number of carbonyl (C=O) groups is 2. The SMILES string of the molecule is Cc1ccccc1CN(C(=O)CSCc1ccccc1F)C(Cc1ccccc1)C(=O)NC1CCCC1. The van der Waals surface area contributed by atoms with Gasteiger partial charge in [0.1, 0.15) is 11.9 Å².